The van der Waals surface area contributed by atoms with Gasteiger partial charge in [0.2, 0.25) is 5.88 Å². The molecular weight excluding hydrogens is 336 g/mol. The molecule has 0 saturated carbocycles. The molecule has 0 fully saturated rings. The lowest BCUT2D eigenvalue weighted by Crippen LogP contribution is -2.21. The van der Waals surface area contributed by atoms with Gasteiger partial charge in [0.25, 0.3) is 0 Å². The number of fused-ring (bicyclic) bond motifs is 3. The minimum absolute atomic E-state index is 0.000492. The lowest BCUT2D eigenvalue weighted by molar-refractivity contribution is 0.360. The van der Waals surface area contributed by atoms with E-state index in [9.17, 15) is 10.4 Å². The van der Waals surface area contributed by atoms with E-state index in [1.807, 2.05) is 36.4 Å². The number of hydrogen-bond acceptors (Lipinski definition) is 4. The van der Waals surface area contributed by atoms with E-state index in [2.05, 4.69) is 6.07 Å². The van der Waals surface area contributed by atoms with Crippen molar-refractivity contribution in [3.63, 3.8) is 0 Å². The van der Waals surface area contributed by atoms with E-state index in [0.717, 1.165) is 21.9 Å². The molecule has 4 nitrogen and oxygen atoms in total. The second-order valence-electron chi connectivity index (χ2n) is 5.84. The SMILES string of the molecule is N#CC1=C(N)Oc2c(O)cc3ccccc3c2C1c1ccc(Cl)cc1. The van der Waals surface area contributed by atoms with Crippen molar-refractivity contribution in [3.05, 3.63) is 82.2 Å². The first-order valence-electron chi connectivity index (χ1n) is 7.68. The van der Waals surface area contributed by atoms with Crippen molar-refractivity contribution >= 4 is 22.4 Å². The lowest BCUT2D eigenvalue weighted by atomic mass is 9.81. The number of hydrogen-bond donors (Lipinski definition) is 2. The first kappa shape index (κ1) is 15.4. The topological polar surface area (TPSA) is 79.3 Å². The zero-order valence-corrected chi connectivity index (χ0v) is 13.8. The average molecular weight is 349 g/mol. The van der Waals surface area contributed by atoms with Crippen LogP contribution in [0, 0.1) is 11.3 Å². The van der Waals surface area contributed by atoms with Gasteiger partial charge in [-0.1, -0.05) is 48.0 Å². The molecule has 3 aromatic rings. The van der Waals surface area contributed by atoms with Gasteiger partial charge >= 0.3 is 0 Å². The number of rotatable bonds is 1. The number of aromatic hydroxyl groups is 1. The summed E-state index contributed by atoms with van der Waals surface area (Å²) in [6.45, 7) is 0. The Morgan fingerprint density at radius 3 is 2.56 bits per heavy atom. The van der Waals surface area contributed by atoms with Crippen LogP contribution < -0.4 is 10.5 Å². The number of phenolic OH excluding ortho intramolecular Hbond substituents is 1. The second-order valence-corrected chi connectivity index (χ2v) is 6.27. The molecule has 0 aromatic heterocycles. The third kappa shape index (κ3) is 2.37. The van der Waals surface area contributed by atoms with E-state index in [1.54, 1.807) is 18.2 Å². The molecule has 0 saturated heterocycles. The highest BCUT2D eigenvalue weighted by atomic mass is 35.5. The van der Waals surface area contributed by atoms with Crippen LogP contribution in [0.1, 0.15) is 17.0 Å². The van der Waals surface area contributed by atoms with Crippen LogP contribution in [0.3, 0.4) is 0 Å². The number of nitrogens with zero attached hydrogens (tertiary/aromatic N) is 1. The van der Waals surface area contributed by atoms with E-state index in [-0.39, 0.29) is 17.4 Å². The van der Waals surface area contributed by atoms with Gasteiger partial charge in [-0.3, -0.25) is 0 Å². The molecule has 0 radical (unpaired) electrons. The monoisotopic (exact) mass is 348 g/mol. The number of ether oxygens (including phenoxy) is 1. The van der Waals surface area contributed by atoms with Crippen molar-refractivity contribution in [2.24, 2.45) is 5.73 Å². The highest BCUT2D eigenvalue weighted by Gasteiger charge is 2.34. The van der Waals surface area contributed by atoms with Crippen molar-refractivity contribution in [1.82, 2.24) is 0 Å². The normalized spacial score (nSPS) is 16.2. The van der Waals surface area contributed by atoms with Crippen molar-refractivity contribution in [3.8, 4) is 17.6 Å². The Hall–Kier alpha value is -3.16. The molecule has 0 bridgehead atoms. The number of nitrogens with two attached hydrogens (primary N) is 1. The molecule has 1 heterocycles. The molecule has 1 aliphatic heterocycles. The standard InChI is InChI=1S/C20H13ClN2O2/c21-13-7-5-11(6-8-13)17-15(10-22)20(23)25-19-16(24)9-12-3-1-2-4-14(12)18(17)19/h1-9,17,24H,23H2. The number of allylic oxidation sites excluding steroid dienone is 1. The molecule has 25 heavy (non-hydrogen) atoms. The van der Waals surface area contributed by atoms with Crippen LogP contribution in [0.25, 0.3) is 10.8 Å². The summed E-state index contributed by atoms with van der Waals surface area (Å²) in [6, 6.07) is 18.7. The highest BCUT2D eigenvalue weighted by molar-refractivity contribution is 6.30. The van der Waals surface area contributed by atoms with Gasteiger partial charge in [0.05, 0.1) is 5.92 Å². The summed E-state index contributed by atoms with van der Waals surface area (Å²) in [5.74, 6) is -0.161. The van der Waals surface area contributed by atoms with E-state index < -0.39 is 5.92 Å². The third-order valence-electron chi connectivity index (χ3n) is 4.40. The fourth-order valence-electron chi connectivity index (χ4n) is 3.29. The first-order chi connectivity index (χ1) is 12.1. The number of halogens is 1. The van der Waals surface area contributed by atoms with Gasteiger partial charge in [-0.25, -0.2) is 0 Å². The predicted octanol–water partition coefficient (Wildman–Crippen LogP) is 4.42. The minimum atomic E-state index is -0.442. The second kappa shape index (κ2) is 5.73. The van der Waals surface area contributed by atoms with Crippen LogP contribution in [-0.2, 0) is 0 Å². The summed E-state index contributed by atoms with van der Waals surface area (Å²) in [7, 11) is 0. The Bertz CT molecular complexity index is 1070. The van der Waals surface area contributed by atoms with Gasteiger partial charge in [0.15, 0.2) is 11.5 Å². The van der Waals surface area contributed by atoms with Crippen molar-refractivity contribution in [2.45, 2.75) is 5.92 Å². The summed E-state index contributed by atoms with van der Waals surface area (Å²) in [4.78, 5) is 0. The smallest absolute Gasteiger partial charge is 0.205 e. The summed E-state index contributed by atoms with van der Waals surface area (Å²) in [5.41, 5.74) is 7.86. The molecule has 1 unspecified atom stereocenters. The molecule has 1 atom stereocenters. The Kier molecular flexibility index (Phi) is 3.52. The van der Waals surface area contributed by atoms with Gasteiger partial charge in [-0.05, 0) is 34.5 Å². The summed E-state index contributed by atoms with van der Waals surface area (Å²) in [5, 5.41) is 22.5. The van der Waals surface area contributed by atoms with Crippen LogP contribution in [0.15, 0.2) is 66.1 Å². The molecule has 3 aromatic carbocycles. The summed E-state index contributed by atoms with van der Waals surface area (Å²) >= 11 is 6.00. The zero-order valence-electron chi connectivity index (χ0n) is 13.0. The lowest BCUT2D eigenvalue weighted by Gasteiger charge is -2.28. The maximum Gasteiger partial charge on any atom is 0.205 e. The summed E-state index contributed by atoms with van der Waals surface area (Å²) < 4.78 is 5.61. The Morgan fingerprint density at radius 1 is 1.12 bits per heavy atom. The highest BCUT2D eigenvalue weighted by Crippen LogP contribution is 2.49. The van der Waals surface area contributed by atoms with Gasteiger partial charge in [-0.2, -0.15) is 5.26 Å². The number of benzene rings is 3. The van der Waals surface area contributed by atoms with Gasteiger partial charge < -0.3 is 15.6 Å². The zero-order chi connectivity index (χ0) is 17.6. The van der Waals surface area contributed by atoms with E-state index in [1.165, 1.54) is 0 Å². The molecule has 0 amide bonds. The maximum atomic E-state index is 10.4. The largest absolute Gasteiger partial charge is 0.504 e. The van der Waals surface area contributed by atoms with Gasteiger partial charge in [0.1, 0.15) is 11.6 Å². The molecule has 0 aliphatic carbocycles. The number of nitriles is 1. The maximum absolute atomic E-state index is 10.4. The molecule has 3 N–H and O–H groups in total. The van der Waals surface area contributed by atoms with E-state index >= 15 is 0 Å². The quantitative estimate of drug-likeness (QED) is 0.682. The van der Waals surface area contributed by atoms with Crippen molar-refractivity contribution in [1.29, 1.82) is 5.26 Å². The third-order valence-corrected chi connectivity index (χ3v) is 4.65. The Labute approximate surface area is 149 Å². The molecule has 4 rings (SSSR count). The molecule has 5 heteroatoms. The molecule has 1 aliphatic rings. The van der Waals surface area contributed by atoms with Crippen LogP contribution in [0.5, 0.6) is 11.5 Å². The van der Waals surface area contributed by atoms with Crippen LogP contribution in [0.4, 0.5) is 0 Å². The molecular formula is C20H13ClN2O2. The first-order valence-corrected chi connectivity index (χ1v) is 8.05. The van der Waals surface area contributed by atoms with Crippen LogP contribution >= 0.6 is 11.6 Å². The molecule has 0 spiro atoms. The average Bonchev–Trinajstić information content (AvgIpc) is 2.62. The minimum Gasteiger partial charge on any atom is -0.504 e. The predicted molar refractivity (Wildman–Crippen MR) is 96.4 cm³/mol. The van der Waals surface area contributed by atoms with Crippen molar-refractivity contribution < 1.29 is 9.84 Å². The molecule has 122 valence electrons. The Morgan fingerprint density at radius 2 is 1.84 bits per heavy atom. The van der Waals surface area contributed by atoms with Gasteiger partial charge in [0, 0.05) is 10.6 Å². The fraction of sp³-hybridized carbons (Fsp3) is 0.0500. The van der Waals surface area contributed by atoms with Crippen LogP contribution in [0.2, 0.25) is 5.02 Å². The van der Waals surface area contributed by atoms with Gasteiger partial charge in [-0.15, -0.1) is 0 Å². The van der Waals surface area contributed by atoms with E-state index in [4.69, 9.17) is 22.1 Å². The van der Waals surface area contributed by atoms with Crippen LogP contribution in [-0.4, -0.2) is 5.11 Å². The van der Waals surface area contributed by atoms with Crippen molar-refractivity contribution in [2.75, 3.05) is 0 Å². The number of phenols is 1. The Balaban J connectivity index is 2.09. The van der Waals surface area contributed by atoms with E-state index in [0.29, 0.717) is 10.6 Å². The fourth-order valence-corrected chi connectivity index (χ4v) is 3.42. The summed E-state index contributed by atoms with van der Waals surface area (Å²) in [6.07, 6.45) is 0.